The van der Waals surface area contributed by atoms with E-state index in [1.807, 2.05) is 11.3 Å². The molecule has 1 atom stereocenters. The summed E-state index contributed by atoms with van der Waals surface area (Å²) in [5, 5.41) is 6.43. The highest BCUT2D eigenvalue weighted by atomic mass is 32.1. The van der Waals surface area contributed by atoms with Crippen molar-refractivity contribution in [2.75, 3.05) is 6.54 Å². The summed E-state index contributed by atoms with van der Waals surface area (Å²) in [6.45, 7) is 6.58. The third kappa shape index (κ3) is 2.22. The molecule has 0 aromatic carbocycles. The van der Waals surface area contributed by atoms with Crippen LogP contribution in [-0.4, -0.2) is 21.0 Å². The van der Waals surface area contributed by atoms with Crippen molar-refractivity contribution in [2.45, 2.75) is 38.8 Å². The third-order valence-electron chi connectivity index (χ3n) is 3.48. The Hall–Kier alpha value is -0.780. The van der Waals surface area contributed by atoms with Gasteiger partial charge in [0, 0.05) is 24.0 Å². The van der Waals surface area contributed by atoms with Crippen molar-refractivity contribution in [1.82, 2.24) is 14.5 Å². The largest absolute Gasteiger partial charge is 0.290 e. The van der Waals surface area contributed by atoms with Gasteiger partial charge < -0.3 is 0 Å². The Morgan fingerprint density at radius 1 is 1.50 bits per heavy atom. The van der Waals surface area contributed by atoms with Gasteiger partial charge in [0.2, 0.25) is 0 Å². The molecule has 3 nitrogen and oxygen atoms in total. The molecule has 0 spiro atoms. The molecule has 18 heavy (non-hydrogen) atoms. The van der Waals surface area contributed by atoms with Crippen LogP contribution in [-0.2, 0) is 6.54 Å². The second kappa shape index (κ2) is 5.07. The smallest absolute Gasteiger partial charge is 0.0826 e. The van der Waals surface area contributed by atoms with Crippen molar-refractivity contribution >= 4 is 22.9 Å². The van der Waals surface area contributed by atoms with E-state index < -0.39 is 0 Å². The summed E-state index contributed by atoms with van der Waals surface area (Å²) in [5.74, 6) is 0.472. The fourth-order valence-corrected chi connectivity index (χ4v) is 4.10. The van der Waals surface area contributed by atoms with Crippen LogP contribution in [0, 0.1) is 0 Å². The van der Waals surface area contributed by atoms with Gasteiger partial charge in [-0.15, -0.1) is 16.4 Å². The minimum atomic E-state index is 0.472. The van der Waals surface area contributed by atoms with Crippen molar-refractivity contribution in [3.05, 3.63) is 33.0 Å². The molecule has 96 valence electrons. The van der Waals surface area contributed by atoms with Crippen molar-refractivity contribution in [3.8, 4) is 0 Å². The lowest BCUT2D eigenvalue weighted by Crippen LogP contribution is -2.39. The molecule has 0 aliphatic carbocycles. The van der Waals surface area contributed by atoms with Gasteiger partial charge in [-0.1, -0.05) is 24.4 Å². The molecule has 2 aromatic rings. The topological polar surface area (TPSA) is 29.0 Å². The zero-order chi connectivity index (χ0) is 12.5. The fourth-order valence-electron chi connectivity index (χ4n) is 2.38. The predicted molar refractivity (Wildman–Crippen MR) is 76.1 cm³/mol. The molecule has 1 fully saturated rings. The van der Waals surface area contributed by atoms with Gasteiger partial charge in [0.25, 0.3) is 0 Å². The average Bonchev–Trinajstić information content (AvgIpc) is 2.94. The van der Waals surface area contributed by atoms with E-state index in [1.54, 1.807) is 11.5 Å². The van der Waals surface area contributed by atoms with Gasteiger partial charge in [-0.2, -0.15) is 0 Å². The van der Waals surface area contributed by atoms with Gasteiger partial charge in [0.15, 0.2) is 0 Å². The summed E-state index contributed by atoms with van der Waals surface area (Å²) < 4.78 is 4.11. The first kappa shape index (κ1) is 12.3. The van der Waals surface area contributed by atoms with E-state index >= 15 is 0 Å². The van der Waals surface area contributed by atoms with Crippen LogP contribution in [0.2, 0.25) is 0 Å². The quantitative estimate of drug-likeness (QED) is 0.855. The second-order valence-corrected chi connectivity index (χ2v) is 6.84. The number of hydrogen-bond acceptors (Lipinski definition) is 5. The van der Waals surface area contributed by atoms with Crippen LogP contribution in [0.25, 0.3) is 0 Å². The van der Waals surface area contributed by atoms with Crippen LogP contribution >= 0.6 is 22.9 Å². The van der Waals surface area contributed by atoms with Gasteiger partial charge in [-0.25, -0.2) is 0 Å². The maximum Gasteiger partial charge on any atom is 0.0826 e. The van der Waals surface area contributed by atoms with Crippen molar-refractivity contribution in [1.29, 1.82) is 0 Å². The SMILES string of the molecule is CC(C)c1nnsc1CN1CC[C@@H]1c1cccs1. The monoisotopic (exact) mass is 279 g/mol. The molecular weight excluding hydrogens is 262 g/mol. The first-order chi connectivity index (χ1) is 8.75. The first-order valence-corrected chi connectivity index (χ1v) is 7.99. The Balaban J connectivity index is 1.72. The molecule has 0 radical (unpaired) electrons. The number of aromatic nitrogens is 2. The van der Waals surface area contributed by atoms with Crippen molar-refractivity contribution < 1.29 is 0 Å². The highest BCUT2D eigenvalue weighted by Gasteiger charge is 2.31. The Morgan fingerprint density at radius 2 is 2.39 bits per heavy atom. The lowest BCUT2D eigenvalue weighted by atomic mass is 10.0. The molecule has 1 aliphatic heterocycles. The average molecular weight is 279 g/mol. The molecule has 0 bridgehead atoms. The zero-order valence-corrected chi connectivity index (χ0v) is 12.3. The molecule has 3 rings (SSSR count). The van der Waals surface area contributed by atoms with Gasteiger partial charge in [0.05, 0.1) is 10.6 Å². The predicted octanol–water partition coefficient (Wildman–Crippen LogP) is 3.67. The summed E-state index contributed by atoms with van der Waals surface area (Å²) >= 11 is 3.42. The van der Waals surface area contributed by atoms with E-state index in [0.29, 0.717) is 12.0 Å². The molecular formula is C13H17N3S2. The minimum absolute atomic E-state index is 0.472. The number of nitrogens with zero attached hydrogens (tertiary/aromatic N) is 3. The molecule has 2 aromatic heterocycles. The standard InChI is InChI=1S/C13H17N3S2/c1-9(2)13-12(18-15-14-13)8-16-6-5-10(16)11-4-3-7-17-11/h3-4,7,9-10H,5-6,8H2,1-2H3/t10-/m1/s1. The summed E-state index contributed by atoms with van der Waals surface area (Å²) in [6.07, 6.45) is 1.28. The number of hydrogen-bond donors (Lipinski definition) is 0. The van der Waals surface area contributed by atoms with Crippen LogP contribution < -0.4 is 0 Å². The van der Waals surface area contributed by atoms with E-state index in [9.17, 15) is 0 Å². The fraction of sp³-hybridized carbons (Fsp3) is 0.538. The van der Waals surface area contributed by atoms with Gasteiger partial charge in [-0.3, -0.25) is 4.90 Å². The second-order valence-electron chi connectivity index (χ2n) is 5.03. The molecule has 0 amide bonds. The highest BCUT2D eigenvalue weighted by molar-refractivity contribution is 7.10. The summed E-state index contributed by atoms with van der Waals surface area (Å²) in [5.41, 5.74) is 1.18. The lowest BCUT2D eigenvalue weighted by molar-refractivity contribution is 0.0853. The number of likely N-dealkylation sites (tertiary alicyclic amines) is 1. The minimum Gasteiger partial charge on any atom is -0.290 e. The molecule has 1 saturated heterocycles. The Bertz CT molecular complexity index is 504. The lowest BCUT2D eigenvalue weighted by Gasteiger charge is -2.40. The molecule has 1 aliphatic rings. The van der Waals surface area contributed by atoms with Crippen LogP contribution in [0.4, 0.5) is 0 Å². The molecule has 0 unspecified atom stereocenters. The molecule has 3 heterocycles. The Morgan fingerprint density at radius 3 is 3.00 bits per heavy atom. The summed E-state index contributed by atoms with van der Waals surface area (Å²) in [4.78, 5) is 5.36. The van der Waals surface area contributed by atoms with Crippen LogP contribution in [0.5, 0.6) is 0 Å². The maximum atomic E-state index is 4.26. The van der Waals surface area contributed by atoms with Crippen molar-refractivity contribution in [3.63, 3.8) is 0 Å². The van der Waals surface area contributed by atoms with Gasteiger partial charge in [0.1, 0.15) is 0 Å². The summed E-state index contributed by atoms with van der Waals surface area (Å²) in [7, 11) is 0. The normalized spacial score (nSPS) is 20.3. The third-order valence-corrected chi connectivity index (χ3v) is 5.18. The van der Waals surface area contributed by atoms with E-state index in [0.717, 1.165) is 6.54 Å². The molecule has 5 heteroatoms. The Kier molecular flexibility index (Phi) is 3.46. The van der Waals surface area contributed by atoms with Gasteiger partial charge in [-0.05, 0) is 35.3 Å². The summed E-state index contributed by atoms with van der Waals surface area (Å²) in [6, 6.07) is 5.01. The molecule has 0 N–H and O–H groups in total. The Labute approximate surface area is 116 Å². The van der Waals surface area contributed by atoms with Crippen LogP contribution in [0.1, 0.15) is 47.7 Å². The number of rotatable bonds is 4. The van der Waals surface area contributed by atoms with E-state index in [1.165, 1.54) is 28.4 Å². The highest BCUT2D eigenvalue weighted by Crippen LogP contribution is 2.37. The van der Waals surface area contributed by atoms with E-state index in [2.05, 4.69) is 45.8 Å². The first-order valence-electron chi connectivity index (χ1n) is 6.34. The van der Waals surface area contributed by atoms with Gasteiger partial charge >= 0.3 is 0 Å². The van der Waals surface area contributed by atoms with E-state index in [4.69, 9.17) is 0 Å². The molecule has 0 saturated carbocycles. The van der Waals surface area contributed by atoms with E-state index in [-0.39, 0.29) is 0 Å². The van der Waals surface area contributed by atoms with Crippen molar-refractivity contribution in [2.24, 2.45) is 0 Å². The number of thiophene rings is 1. The van der Waals surface area contributed by atoms with Crippen LogP contribution in [0.3, 0.4) is 0 Å². The maximum absolute atomic E-state index is 4.26. The zero-order valence-electron chi connectivity index (χ0n) is 10.7. The van der Waals surface area contributed by atoms with Crippen LogP contribution in [0.15, 0.2) is 17.5 Å².